The lowest BCUT2D eigenvalue weighted by atomic mass is 9.85. The van der Waals surface area contributed by atoms with E-state index >= 15 is 0 Å². The molecule has 0 amide bonds. The summed E-state index contributed by atoms with van der Waals surface area (Å²) in [5.41, 5.74) is 5.55. The largest absolute Gasteiger partial charge is 0.321 e. The molecule has 0 saturated heterocycles. The Kier molecular flexibility index (Phi) is 5.35. The van der Waals surface area contributed by atoms with Crippen LogP contribution in [0.15, 0.2) is 0 Å². The van der Waals surface area contributed by atoms with Gasteiger partial charge in [0.15, 0.2) is 5.78 Å². The molecule has 0 spiro atoms. The van der Waals surface area contributed by atoms with Crippen molar-refractivity contribution in [3.63, 3.8) is 0 Å². The molecule has 0 fully saturated rings. The second-order valence-corrected chi connectivity index (χ2v) is 5.55. The molecule has 0 rings (SSSR count). The van der Waals surface area contributed by atoms with Crippen LogP contribution in [-0.2, 0) is 4.79 Å². The molecule has 84 valence electrons. The number of carbonyl (C=O) groups is 1. The molecule has 0 bridgehead atoms. The van der Waals surface area contributed by atoms with Crippen molar-refractivity contribution in [3.8, 4) is 0 Å². The fraction of sp³-hybridized carbons (Fsp3) is 0.917. The van der Waals surface area contributed by atoms with E-state index in [2.05, 4.69) is 13.8 Å². The Hall–Kier alpha value is -0.370. The van der Waals surface area contributed by atoms with Crippen LogP contribution < -0.4 is 5.73 Å². The summed E-state index contributed by atoms with van der Waals surface area (Å²) in [7, 11) is 0. The van der Waals surface area contributed by atoms with Gasteiger partial charge < -0.3 is 5.73 Å². The number of hydrogen-bond donors (Lipinski definition) is 1. The Labute approximate surface area is 88.3 Å². The first-order chi connectivity index (χ1) is 6.25. The molecular formula is C12H25NO. The number of carbonyl (C=O) groups excluding carboxylic acids is 1. The summed E-state index contributed by atoms with van der Waals surface area (Å²) in [6.07, 6.45) is 3.04. The molecule has 0 aliphatic rings. The Morgan fingerprint density at radius 2 is 1.71 bits per heavy atom. The number of rotatable bonds is 5. The average molecular weight is 199 g/mol. The normalized spacial score (nSPS) is 14.5. The van der Waals surface area contributed by atoms with Crippen molar-refractivity contribution in [1.82, 2.24) is 0 Å². The zero-order valence-corrected chi connectivity index (χ0v) is 10.3. The van der Waals surface area contributed by atoms with Gasteiger partial charge in [-0.3, -0.25) is 4.79 Å². The number of hydrogen-bond acceptors (Lipinski definition) is 2. The highest BCUT2D eigenvalue weighted by Gasteiger charge is 2.26. The highest BCUT2D eigenvalue weighted by Crippen LogP contribution is 2.18. The van der Waals surface area contributed by atoms with E-state index in [0.29, 0.717) is 5.92 Å². The van der Waals surface area contributed by atoms with Gasteiger partial charge in [0.05, 0.1) is 6.04 Å². The SMILES string of the molecule is CC(C)CCC[C@@H](N)C(=O)C(C)(C)C. The van der Waals surface area contributed by atoms with Crippen molar-refractivity contribution >= 4 is 5.78 Å². The minimum absolute atomic E-state index is 0.182. The Bertz CT molecular complexity index is 179. The molecule has 1 atom stereocenters. The van der Waals surface area contributed by atoms with Gasteiger partial charge in [0.2, 0.25) is 0 Å². The van der Waals surface area contributed by atoms with Gasteiger partial charge in [-0.1, -0.05) is 47.5 Å². The minimum Gasteiger partial charge on any atom is -0.321 e. The molecule has 0 unspecified atom stereocenters. The lowest BCUT2D eigenvalue weighted by molar-refractivity contribution is -0.127. The van der Waals surface area contributed by atoms with Crippen LogP contribution in [0.4, 0.5) is 0 Å². The maximum Gasteiger partial charge on any atom is 0.154 e. The summed E-state index contributed by atoms with van der Waals surface area (Å²) in [5, 5.41) is 0. The fourth-order valence-electron chi connectivity index (χ4n) is 1.43. The number of ketones is 1. The summed E-state index contributed by atoms with van der Waals surface area (Å²) < 4.78 is 0. The fourth-order valence-corrected chi connectivity index (χ4v) is 1.43. The van der Waals surface area contributed by atoms with Crippen LogP contribution in [0.5, 0.6) is 0 Å². The van der Waals surface area contributed by atoms with Crippen LogP contribution in [-0.4, -0.2) is 11.8 Å². The maximum absolute atomic E-state index is 11.7. The van der Waals surface area contributed by atoms with Crippen molar-refractivity contribution in [2.24, 2.45) is 17.1 Å². The van der Waals surface area contributed by atoms with E-state index in [0.717, 1.165) is 19.3 Å². The Balaban J connectivity index is 3.86. The van der Waals surface area contributed by atoms with Gasteiger partial charge in [0, 0.05) is 5.41 Å². The molecule has 0 radical (unpaired) electrons. The summed E-state index contributed by atoms with van der Waals surface area (Å²) in [6.45, 7) is 10.2. The second-order valence-electron chi connectivity index (χ2n) is 5.55. The summed E-state index contributed by atoms with van der Waals surface area (Å²) >= 11 is 0. The lowest BCUT2D eigenvalue weighted by Crippen LogP contribution is -2.38. The van der Waals surface area contributed by atoms with Gasteiger partial charge in [-0.2, -0.15) is 0 Å². The van der Waals surface area contributed by atoms with Gasteiger partial charge in [0.1, 0.15) is 0 Å². The topological polar surface area (TPSA) is 43.1 Å². The van der Waals surface area contributed by atoms with E-state index in [1.165, 1.54) is 0 Å². The van der Waals surface area contributed by atoms with Gasteiger partial charge >= 0.3 is 0 Å². The third-order valence-corrected chi connectivity index (χ3v) is 2.37. The molecule has 0 aliphatic carbocycles. The van der Waals surface area contributed by atoms with Gasteiger partial charge in [-0.15, -0.1) is 0 Å². The monoisotopic (exact) mass is 199 g/mol. The number of nitrogens with two attached hydrogens (primary N) is 1. The molecule has 14 heavy (non-hydrogen) atoms. The van der Waals surface area contributed by atoms with E-state index in [1.54, 1.807) is 0 Å². The van der Waals surface area contributed by atoms with Crippen LogP contribution >= 0.6 is 0 Å². The molecule has 2 nitrogen and oxygen atoms in total. The summed E-state index contributed by atoms with van der Waals surface area (Å²) in [6, 6.07) is -0.270. The van der Waals surface area contributed by atoms with E-state index in [-0.39, 0.29) is 17.2 Å². The van der Waals surface area contributed by atoms with Gasteiger partial charge in [-0.25, -0.2) is 0 Å². The molecular weight excluding hydrogens is 174 g/mol. The van der Waals surface area contributed by atoms with Crippen molar-refractivity contribution in [2.45, 2.75) is 59.9 Å². The minimum atomic E-state index is -0.294. The zero-order valence-electron chi connectivity index (χ0n) is 10.3. The molecule has 0 aromatic carbocycles. The van der Waals surface area contributed by atoms with Crippen molar-refractivity contribution in [2.75, 3.05) is 0 Å². The quantitative estimate of drug-likeness (QED) is 0.740. The third kappa shape index (κ3) is 5.38. The van der Waals surface area contributed by atoms with Crippen LogP contribution in [0, 0.1) is 11.3 Å². The smallest absolute Gasteiger partial charge is 0.154 e. The van der Waals surface area contributed by atoms with Crippen molar-refractivity contribution in [1.29, 1.82) is 0 Å². The first-order valence-corrected chi connectivity index (χ1v) is 5.55. The van der Waals surface area contributed by atoms with E-state index in [4.69, 9.17) is 5.73 Å². The van der Waals surface area contributed by atoms with Crippen LogP contribution in [0.25, 0.3) is 0 Å². The second kappa shape index (κ2) is 5.50. The lowest BCUT2D eigenvalue weighted by Gasteiger charge is -2.21. The first kappa shape index (κ1) is 13.6. The Morgan fingerprint density at radius 3 is 2.07 bits per heavy atom. The molecule has 0 saturated carbocycles. The zero-order chi connectivity index (χ0) is 11.4. The van der Waals surface area contributed by atoms with Crippen LogP contribution in [0.3, 0.4) is 0 Å². The van der Waals surface area contributed by atoms with Gasteiger partial charge in [0.25, 0.3) is 0 Å². The molecule has 2 heteroatoms. The number of Topliss-reactive ketones (excluding diaryl/α,β-unsaturated/α-hetero) is 1. The first-order valence-electron chi connectivity index (χ1n) is 5.55. The highest BCUT2D eigenvalue weighted by molar-refractivity contribution is 5.88. The average Bonchev–Trinajstić information content (AvgIpc) is 2.00. The van der Waals surface area contributed by atoms with Crippen LogP contribution in [0.2, 0.25) is 0 Å². The van der Waals surface area contributed by atoms with Crippen LogP contribution in [0.1, 0.15) is 53.9 Å². The summed E-state index contributed by atoms with van der Waals surface area (Å²) in [5.74, 6) is 0.883. The summed E-state index contributed by atoms with van der Waals surface area (Å²) in [4.78, 5) is 11.7. The van der Waals surface area contributed by atoms with E-state index < -0.39 is 0 Å². The van der Waals surface area contributed by atoms with E-state index in [9.17, 15) is 4.79 Å². The van der Waals surface area contributed by atoms with Crippen molar-refractivity contribution < 1.29 is 4.79 Å². The molecule has 0 aromatic rings. The molecule has 0 heterocycles. The predicted molar refractivity (Wildman–Crippen MR) is 61.1 cm³/mol. The maximum atomic E-state index is 11.7. The predicted octanol–water partition coefficient (Wildman–Crippen LogP) is 2.76. The highest BCUT2D eigenvalue weighted by atomic mass is 16.1. The molecule has 0 aromatic heterocycles. The molecule has 0 aliphatic heterocycles. The van der Waals surface area contributed by atoms with Gasteiger partial charge in [-0.05, 0) is 12.3 Å². The Morgan fingerprint density at radius 1 is 1.21 bits per heavy atom. The van der Waals surface area contributed by atoms with E-state index in [1.807, 2.05) is 20.8 Å². The third-order valence-electron chi connectivity index (χ3n) is 2.37. The molecule has 2 N–H and O–H groups in total. The van der Waals surface area contributed by atoms with Crippen molar-refractivity contribution in [3.05, 3.63) is 0 Å². The standard InChI is InChI=1S/C12H25NO/c1-9(2)7-6-8-10(13)11(14)12(3,4)5/h9-10H,6-8,13H2,1-5H3/t10-/m1/s1.